The summed E-state index contributed by atoms with van der Waals surface area (Å²) in [4.78, 5) is 30.9. The van der Waals surface area contributed by atoms with Gasteiger partial charge in [-0.2, -0.15) is 13.2 Å². The van der Waals surface area contributed by atoms with Gasteiger partial charge in [-0.3, -0.25) is 9.69 Å². The number of anilines is 1. The first-order chi connectivity index (χ1) is 18.2. The number of primary amides is 1. The lowest BCUT2D eigenvalue weighted by molar-refractivity contribution is -0.138. The molecule has 2 aliphatic heterocycles. The number of carbonyl (C=O) groups excluding carboxylic acids is 1. The van der Waals surface area contributed by atoms with Crippen LogP contribution in [0.5, 0.6) is 0 Å². The fraction of sp³-hybridized carbons (Fsp3) is 0.538. The fourth-order valence-corrected chi connectivity index (χ4v) is 5.64. The zero-order valence-corrected chi connectivity index (χ0v) is 21.4. The Hall–Kier alpha value is -3.25. The van der Waals surface area contributed by atoms with Crippen molar-refractivity contribution in [3.8, 4) is 0 Å². The van der Waals surface area contributed by atoms with Crippen molar-refractivity contribution >= 4 is 22.9 Å². The molecule has 38 heavy (non-hydrogen) atoms. The lowest BCUT2D eigenvalue weighted by Gasteiger charge is -2.38. The molecule has 9 nitrogen and oxygen atoms in total. The number of imidazole rings is 1. The van der Waals surface area contributed by atoms with Gasteiger partial charge in [-0.15, -0.1) is 0 Å². The monoisotopic (exact) mass is 530 g/mol. The van der Waals surface area contributed by atoms with E-state index in [0.29, 0.717) is 23.6 Å². The standard InChI is InChI=1S/C26H33F3N8O/c1-34(20-6-9-36(10-7-20)25-31-14-19(15-32-25)26(27,28)29)16-21-3-2-8-35(21)11-12-37-17-33-22-5-4-18(24(30)38)13-23(22)37/h4-5,13-15,17,20-21H,2-3,6-12,16H2,1H3,(H2,30,38). The molecule has 2 fully saturated rings. The van der Waals surface area contributed by atoms with Crippen LogP contribution in [0, 0.1) is 0 Å². The fourth-order valence-electron chi connectivity index (χ4n) is 5.64. The highest BCUT2D eigenvalue weighted by atomic mass is 19.4. The summed E-state index contributed by atoms with van der Waals surface area (Å²) in [6.07, 6.45) is 3.26. The number of fused-ring (bicyclic) bond motifs is 1. The van der Waals surface area contributed by atoms with Crippen LogP contribution < -0.4 is 10.6 Å². The Morgan fingerprint density at radius 2 is 1.82 bits per heavy atom. The number of nitrogens with two attached hydrogens (primary N) is 1. The maximum absolute atomic E-state index is 12.8. The number of carbonyl (C=O) groups is 1. The number of benzene rings is 1. The van der Waals surface area contributed by atoms with Crippen molar-refractivity contribution in [3.05, 3.63) is 48.0 Å². The van der Waals surface area contributed by atoms with E-state index in [9.17, 15) is 18.0 Å². The van der Waals surface area contributed by atoms with Gasteiger partial charge >= 0.3 is 6.18 Å². The molecule has 2 aromatic heterocycles. The molecule has 1 aromatic carbocycles. The molecule has 0 spiro atoms. The molecule has 1 amide bonds. The van der Waals surface area contributed by atoms with Crippen molar-refractivity contribution in [1.82, 2.24) is 29.3 Å². The SMILES string of the molecule is CN(CC1CCCN1CCn1cnc2ccc(C(N)=O)cc21)C1CCN(c2ncc(C(F)(F)F)cn2)CC1. The normalized spacial score (nSPS) is 19.6. The molecular weight excluding hydrogens is 497 g/mol. The minimum absolute atomic E-state index is 0.357. The number of amides is 1. The van der Waals surface area contributed by atoms with Crippen molar-refractivity contribution in [1.29, 1.82) is 0 Å². The van der Waals surface area contributed by atoms with Crippen LogP contribution in [0.2, 0.25) is 0 Å². The van der Waals surface area contributed by atoms with E-state index in [2.05, 4.69) is 36.4 Å². The van der Waals surface area contributed by atoms with Crippen LogP contribution in [0.3, 0.4) is 0 Å². The van der Waals surface area contributed by atoms with Gasteiger partial charge in [-0.1, -0.05) is 0 Å². The van der Waals surface area contributed by atoms with Crippen LogP contribution >= 0.6 is 0 Å². The van der Waals surface area contributed by atoms with E-state index in [0.717, 1.165) is 82.0 Å². The first-order valence-electron chi connectivity index (χ1n) is 13.0. The summed E-state index contributed by atoms with van der Waals surface area (Å²) in [5.41, 5.74) is 6.87. The number of hydrogen-bond acceptors (Lipinski definition) is 7. The number of aromatic nitrogens is 4. The molecule has 0 radical (unpaired) electrons. The third-order valence-electron chi connectivity index (χ3n) is 7.87. The molecule has 3 aromatic rings. The quantitative estimate of drug-likeness (QED) is 0.478. The van der Waals surface area contributed by atoms with Crippen LogP contribution in [0.1, 0.15) is 41.6 Å². The zero-order chi connectivity index (χ0) is 26.9. The molecule has 4 heterocycles. The van der Waals surface area contributed by atoms with E-state index < -0.39 is 17.6 Å². The maximum atomic E-state index is 12.8. The first kappa shape index (κ1) is 26.4. The highest BCUT2D eigenvalue weighted by Crippen LogP contribution is 2.29. The molecule has 1 atom stereocenters. The number of hydrogen-bond donors (Lipinski definition) is 1. The summed E-state index contributed by atoms with van der Waals surface area (Å²) in [5, 5.41) is 0. The van der Waals surface area contributed by atoms with Crippen LogP contribution in [0.15, 0.2) is 36.9 Å². The summed E-state index contributed by atoms with van der Waals surface area (Å²) in [6, 6.07) is 6.21. The summed E-state index contributed by atoms with van der Waals surface area (Å²) < 4.78 is 40.5. The van der Waals surface area contributed by atoms with Gasteiger partial charge in [0.15, 0.2) is 0 Å². The third-order valence-corrected chi connectivity index (χ3v) is 7.87. The highest BCUT2D eigenvalue weighted by molar-refractivity contribution is 5.96. The van der Waals surface area contributed by atoms with E-state index in [4.69, 9.17) is 5.73 Å². The number of piperidine rings is 1. The average molecular weight is 531 g/mol. The van der Waals surface area contributed by atoms with Crippen LogP contribution in [-0.4, -0.2) is 87.1 Å². The topological polar surface area (TPSA) is 96.4 Å². The van der Waals surface area contributed by atoms with Crippen LogP contribution in [-0.2, 0) is 12.7 Å². The molecule has 0 bridgehead atoms. The molecule has 12 heteroatoms. The Bertz CT molecular complexity index is 1250. The third kappa shape index (κ3) is 5.75. The molecule has 2 aliphatic rings. The average Bonchev–Trinajstić information content (AvgIpc) is 3.53. The van der Waals surface area contributed by atoms with Gasteiger partial charge in [0.05, 0.1) is 22.9 Å². The summed E-state index contributed by atoms with van der Waals surface area (Å²) in [5.74, 6) is -0.0870. The predicted octanol–water partition coefficient (Wildman–Crippen LogP) is 3.01. The number of halogens is 3. The molecule has 5 rings (SSSR count). The second kappa shape index (κ2) is 10.9. The minimum Gasteiger partial charge on any atom is -0.366 e. The molecule has 1 unspecified atom stereocenters. The molecule has 0 aliphatic carbocycles. The lowest BCUT2D eigenvalue weighted by Crippen LogP contribution is -2.48. The van der Waals surface area contributed by atoms with E-state index >= 15 is 0 Å². The minimum atomic E-state index is -4.43. The Morgan fingerprint density at radius 3 is 2.50 bits per heavy atom. The molecule has 204 valence electrons. The van der Waals surface area contributed by atoms with Crippen molar-refractivity contribution in [2.75, 3.05) is 44.7 Å². The Kier molecular flexibility index (Phi) is 7.53. The van der Waals surface area contributed by atoms with Crippen molar-refractivity contribution in [3.63, 3.8) is 0 Å². The summed E-state index contributed by atoms with van der Waals surface area (Å²) in [7, 11) is 2.17. The maximum Gasteiger partial charge on any atom is 0.419 e. The predicted molar refractivity (Wildman–Crippen MR) is 138 cm³/mol. The summed E-state index contributed by atoms with van der Waals surface area (Å²) >= 11 is 0. The largest absolute Gasteiger partial charge is 0.419 e. The first-order valence-corrected chi connectivity index (χ1v) is 13.0. The van der Waals surface area contributed by atoms with Crippen molar-refractivity contribution in [2.24, 2.45) is 5.73 Å². The van der Waals surface area contributed by atoms with Gasteiger partial charge in [0.25, 0.3) is 0 Å². The lowest BCUT2D eigenvalue weighted by atomic mass is 10.0. The van der Waals surface area contributed by atoms with Crippen molar-refractivity contribution < 1.29 is 18.0 Å². The van der Waals surface area contributed by atoms with Crippen LogP contribution in [0.4, 0.5) is 19.1 Å². The van der Waals surface area contributed by atoms with Gasteiger partial charge < -0.3 is 20.1 Å². The Morgan fingerprint density at radius 1 is 1.08 bits per heavy atom. The van der Waals surface area contributed by atoms with E-state index in [1.54, 1.807) is 6.07 Å². The summed E-state index contributed by atoms with van der Waals surface area (Å²) in [6.45, 7) is 5.14. The van der Waals surface area contributed by atoms with Crippen molar-refractivity contribution in [2.45, 2.75) is 50.5 Å². The Balaban J connectivity index is 1.13. The molecule has 0 saturated carbocycles. The van der Waals surface area contributed by atoms with E-state index in [1.807, 2.05) is 23.4 Å². The Labute approximate surface area is 219 Å². The molecule has 2 saturated heterocycles. The number of likely N-dealkylation sites (tertiary alicyclic amines) is 1. The second-order valence-electron chi connectivity index (χ2n) is 10.3. The van der Waals surface area contributed by atoms with Gasteiger partial charge in [0.2, 0.25) is 11.9 Å². The number of likely N-dealkylation sites (N-methyl/N-ethyl adjacent to an activating group) is 1. The number of nitrogens with zero attached hydrogens (tertiary/aromatic N) is 7. The van der Waals surface area contributed by atoms with Gasteiger partial charge in [0.1, 0.15) is 0 Å². The van der Waals surface area contributed by atoms with E-state index in [1.165, 1.54) is 6.42 Å². The molecular formula is C26H33F3N8O. The highest BCUT2D eigenvalue weighted by Gasteiger charge is 2.33. The number of alkyl halides is 3. The smallest absolute Gasteiger partial charge is 0.366 e. The number of rotatable bonds is 8. The second-order valence-corrected chi connectivity index (χ2v) is 10.3. The van der Waals surface area contributed by atoms with E-state index in [-0.39, 0.29) is 0 Å². The molecule has 2 N–H and O–H groups in total. The van der Waals surface area contributed by atoms with Gasteiger partial charge in [0, 0.05) is 62.8 Å². The van der Waals surface area contributed by atoms with Crippen LogP contribution in [0.25, 0.3) is 11.0 Å². The zero-order valence-electron chi connectivity index (χ0n) is 21.4. The van der Waals surface area contributed by atoms with Gasteiger partial charge in [-0.25, -0.2) is 15.0 Å². The van der Waals surface area contributed by atoms with Gasteiger partial charge in [-0.05, 0) is 57.5 Å².